The Bertz CT molecular complexity index is 573. The molecule has 0 saturated heterocycles. The first-order chi connectivity index (χ1) is 13.0. The van der Waals surface area contributed by atoms with Crippen LogP contribution in [0.3, 0.4) is 0 Å². The molecular weight excluding hydrogens is 368 g/mol. The summed E-state index contributed by atoms with van der Waals surface area (Å²) < 4.78 is 17.8. The molecule has 0 bridgehead atoms. The molecule has 1 aliphatic heterocycles. The molecule has 0 N–H and O–H groups in total. The van der Waals surface area contributed by atoms with Gasteiger partial charge < -0.3 is 13.9 Å². The lowest BCUT2D eigenvalue weighted by molar-refractivity contribution is 0.113. The third kappa shape index (κ3) is 5.59. The summed E-state index contributed by atoms with van der Waals surface area (Å²) in [6, 6.07) is -0.0530. The van der Waals surface area contributed by atoms with Crippen LogP contribution in [0.2, 0.25) is 18.1 Å². The molecule has 0 spiro atoms. The fourth-order valence-corrected chi connectivity index (χ4v) is 5.33. The van der Waals surface area contributed by atoms with E-state index in [0.29, 0.717) is 17.9 Å². The Labute approximate surface area is 173 Å². The van der Waals surface area contributed by atoms with Crippen molar-refractivity contribution in [1.29, 1.82) is 0 Å². The van der Waals surface area contributed by atoms with Gasteiger partial charge in [0.25, 0.3) is 0 Å². The summed E-state index contributed by atoms with van der Waals surface area (Å²) in [6.07, 6.45) is 6.09. The molecule has 1 saturated carbocycles. The zero-order chi connectivity index (χ0) is 21.1. The monoisotopic (exact) mass is 410 g/mol. The second-order valence-corrected chi connectivity index (χ2v) is 15.1. The lowest BCUT2D eigenvalue weighted by atomic mass is 9.83. The second kappa shape index (κ2) is 9.29. The van der Waals surface area contributed by atoms with Gasteiger partial charge in [-0.2, -0.15) is 0 Å². The highest BCUT2D eigenvalue weighted by molar-refractivity contribution is 6.74. The number of hydrogen-bond donors (Lipinski definition) is 0. The summed E-state index contributed by atoms with van der Waals surface area (Å²) in [5.74, 6) is 2.49. The van der Waals surface area contributed by atoms with Crippen LogP contribution in [0.1, 0.15) is 66.7 Å². The molecular formula is C22H42N2O3Si. The number of rotatable bonds is 5. The van der Waals surface area contributed by atoms with Crippen LogP contribution in [0.15, 0.2) is 9.98 Å². The van der Waals surface area contributed by atoms with Gasteiger partial charge in [0.15, 0.2) is 8.32 Å². The quantitative estimate of drug-likeness (QED) is 0.566. The van der Waals surface area contributed by atoms with Crippen molar-refractivity contribution in [3.05, 3.63) is 0 Å². The molecule has 0 amide bonds. The highest BCUT2D eigenvalue weighted by Crippen LogP contribution is 2.40. The Kier molecular flexibility index (Phi) is 7.76. The van der Waals surface area contributed by atoms with Crippen LogP contribution >= 0.6 is 0 Å². The molecule has 2 aliphatic rings. The standard InChI is InChI=1S/C22H42N2O3Si/c1-15(2)19-21(26-7)23-18(20(24-19)25-6)14-16-10-12-17(13-11-16)27-28(8,9)22(3,4)5/h15-19H,10-14H2,1-9H3/t16?,17?,18-,19+/m0/s1. The normalized spacial score (nSPS) is 29.4. The molecule has 28 heavy (non-hydrogen) atoms. The van der Waals surface area contributed by atoms with Gasteiger partial charge in [-0.25, -0.2) is 9.98 Å². The Morgan fingerprint density at radius 3 is 2.00 bits per heavy atom. The predicted octanol–water partition coefficient (Wildman–Crippen LogP) is 5.45. The Morgan fingerprint density at radius 2 is 1.54 bits per heavy atom. The van der Waals surface area contributed by atoms with Crippen LogP contribution in [0.5, 0.6) is 0 Å². The first-order valence-corrected chi connectivity index (χ1v) is 13.8. The number of nitrogens with zero attached hydrogens (tertiary/aromatic N) is 2. The van der Waals surface area contributed by atoms with Gasteiger partial charge >= 0.3 is 0 Å². The van der Waals surface area contributed by atoms with Crippen LogP contribution < -0.4 is 0 Å². The van der Waals surface area contributed by atoms with E-state index in [4.69, 9.17) is 23.9 Å². The fourth-order valence-electron chi connectivity index (χ4n) is 3.91. The van der Waals surface area contributed by atoms with E-state index in [-0.39, 0.29) is 17.1 Å². The van der Waals surface area contributed by atoms with Crippen molar-refractivity contribution in [1.82, 2.24) is 0 Å². The van der Waals surface area contributed by atoms with E-state index in [1.54, 1.807) is 14.2 Å². The molecule has 0 unspecified atom stereocenters. The van der Waals surface area contributed by atoms with Crippen molar-refractivity contribution in [3.8, 4) is 0 Å². The SMILES string of the molecule is COC1=N[C@H](C(C)C)C(OC)=N[C@H]1CC1CCC(O[Si](C)(C)C(C)(C)C)CC1. The van der Waals surface area contributed by atoms with Gasteiger partial charge in [-0.3, -0.25) is 0 Å². The Hall–Kier alpha value is -0.883. The number of ether oxygens (including phenoxy) is 2. The van der Waals surface area contributed by atoms with Crippen LogP contribution in [-0.2, 0) is 13.9 Å². The maximum absolute atomic E-state index is 6.64. The molecule has 0 aromatic heterocycles. The third-order valence-corrected chi connectivity index (χ3v) is 11.3. The molecule has 162 valence electrons. The average molecular weight is 411 g/mol. The lowest BCUT2D eigenvalue weighted by Crippen LogP contribution is -2.45. The van der Waals surface area contributed by atoms with E-state index >= 15 is 0 Å². The van der Waals surface area contributed by atoms with Crippen molar-refractivity contribution in [2.24, 2.45) is 21.8 Å². The molecule has 6 heteroatoms. The molecule has 0 aromatic rings. The first-order valence-electron chi connectivity index (χ1n) is 10.9. The number of methoxy groups -OCH3 is 2. The summed E-state index contributed by atoms with van der Waals surface area (Å²) >= 11 is 0. The minimum Gasteiger partial charge on any atom is -0.483 e. The van der Waals surface area contributed by atoms with Gasteiger partial charge in [0.05, 0.1) is 14.2 Å². The third-order valence-electron chi connectivity index (χ3n) is 6.76. The lowest BCUT2D eigenvalue weighted by Gasteiger charge is -2.41. The van der Waals surface area contributed by atoms with E-state index in [0.717, 1.165) is 31.1 Å². The van der Waals surface area contributed by atoms with E-state index in [1.807, 2.05) is 0 Å². The van der Waals surface area contributed by atoms with Gasteiger partial charge in [0, 0.05) is 6.10 Å². The highest BCUT2D eigenvalue weighted by atomic mass is 28.4. The largest absolute Gasteiger partial charge is 0.483 e. The van der Waals surface area contributed by atoms with Gasteiger partial charge in [-0.05, 0) is 62.1 Å². The van der Waals surface area contributed by atoms with Crippen LogP contribution in [0.25, 0.3) is 0 Å². The molecule has 2 atom stereocenters. The van der Waals surface area contributed by atoms with Crippen molar-refractivity contribution < 1.29 is 13.9 Å². The Morgan fingerprint density at radius 1 is 0.964 bits per heavy atom. The van der Waals surface area contributed by atoms with E-state index in [9.17, 15) is 0 Å². The van der Waals surface area contributed by atoms with Gasteiger partial charge in [-0.15, -0.1) is 0 Å². The van der Waals surface area contributed by atoms with E-state index in [2.05, 4.69) is 47.7 Å². The van der Waals surface area contributed by atoms with Crippen LogP contribution in [0, 0.1) is 11.8 Å². The number of aliphatic imine (C=N–C) groups is 2. The summed E-state index contributed by atoms with van der Waals surface area (Å²) in [7, 11) is 1.72. The van der Waals surface area contributed by atoms with Crippen molar-refractivity contribution in [2.45, 2.75) is 103 Å². The van der Waals surface area contributed by atoms with Gasteiger partial charge in [0.2, 0.25) is 11.8 Å². The minimum absolute atomic E-state index is 0.0159. The van der Waals surface area contributed by atoms with Crippen LogP contribution in [-0.4, -0.2) is 52.5 Å². The molecule has 1 aliphatic carbocycles. The zero-order valence-corrected chi connectivity index (χ0v) is 20.5. The predicted molar refractivity (Wildman–Crippen MR) is 120 cm³/mol. The second-order valence-electron chi connectivity index (χ2n) is 10.3. The van der Waals surface area contributed by atoms with E-state index < -0.39 is 8.32 Å². The van der Waals surface area contributed by atoms with Crippen molar-refractivity contribution in [3.63, 3.8) is 0 Å². The first kappa shape index (κ1) is 23.4. The van der Waals surface area contributed by atoms with Crippen molar-refractivity contribution >= 4 is 20.1 Å². The Balaban J connectivity index is 1.95. The summed E-state index contributed by atoms with van der Waals surface area (Å²) in [4.78, 5) is 9.68. The van der Waals surface area contributed by atoms with Crippen LogP contribution in [0.4, 0.5) is 0 Å². The molecule has 0 radical (unpaired) electrons. The van der Waals surface area contributed by atoms with Gasteiger partial charge in [0.1, 0.15) is 12.1 Å². The maximum atomic E-state index is 6.64. The summed E-state index contributed by atoms with van der Waals surface area (Å²) in [5.41, 5.74) is 0. The molecule has 0 aromatic carbocycles. The smallest absolute Gasteiger partial charge is 0.209 e. The molecule has 1 heterocycles. The summed E-state index contributed by atoms with van der Waals surface area (Å²) in [6.45, 7) is 15.9. The maximum Gasteiger partial charge on any atom is 0.209 e. The average Bonchev–Trinajstić information content (AvgIpc) is 2.61. The summed E-state index contributed by atoms with van der Waals surface area (Å²) in [5, 5.41) is 0.272. The highest BCUT2D eigenvalue weighted by Gasteiger charge is 2.40. The van der Waals surface area contributed by atoms with Crippen molar-refractivity contribution in [2.75, 3.05) is 14.2 Å². The van der Waals surface area contributed by atoms with E-state index in [1.165, 1.54) is 12.8 Å². The van der Waals surface area contributed by atoms with Gasteiger partial charge in [-0.1, -0.05) is 34.6 Å². The topological polar surface area (TPSA) is 52.4 Å². The molecule has 5 nitrogen and oxygen atoms in total. The molecule has 1 fully saturated rings. The molecule has 2 rings (SSSR count). The zero-order valence-electron chi connectivity index (χ0n) is 19.5. The fraction of sp³-hybridized carbons (Fsp3) is 0.909. The number of hydrogen-bond acceptors (Lipinski definition) is 5. The minimum atomic E-state index is -1.68.